The van der Waals surface area contributed by atoms with Crippen LogP contribution in [0.4, 0.5) is 0 Å². The lowest BCUT2D eigenvalue weighted by atomic mass is 9.90. The molecule has 3 unspecified atom stereocenters. The van der Waals surface area contributed by atoms with Gasteiger partial charge in [0.2, 0.25) is 0 Å². The molecule has 0 aromatic heterocycles. The molecule has 4 heteroatoms. The van der Waals surface area contributed by atoms with Crippen molar-refractivity contribution in [2.45, 2.75) is 51.1 Å². The first-order valence-electron chi connectivity index (χ1n) is 8.33. The fraction of sp³-hybridized carbons (Fsp3) is 0.400. The van der Waals surface area contributed by atoms with Crippen molar-refractivity contribution in [1.29, 1.82) is 0 Å². The van der Waals surface area contributed by atoms with E-state index in [1.165, 1.54) is 0 Å². The van der Waals surface area contributed by atoms with Gasteiger partial charge < -0.3 is 20.1 Å². The number of ether oxygens (including phenoxy) is 1. The molecular weight excluding hydrogens is 304 g/mol. The second kappa shape index (κ2) is 6.93. The minimum absolute atomic E-state index is 0.0877. The maximum absolute atomic E-state index is 10.3. The summed E-state index contributed by atoms with van der Waals surface area (Å²) in [7, 11) is 0. The molecule has 3 rings (SSSR count). The van der Waals surface area contributed by atoms with Crippen molar-refractivity contribution in [1.82, 2.24) is 0 Å². The van der Waals surface area contributed by atoms with Gasteiger partial charge in [0.05, 0.1) is 12.2 Å². The largest absolute Gasteiger partial charge is 0.508 e. The summed E-state index contributed by atoms with van der Waals surface area (Å²) < 4.78 is 5.87. The Kier molecular flexibility index (Phi) is 4.90. The van der Waals surface area contributed by atoms with Crippen molar-refractivity contribution in [2.75, 3.05) is 0 Å². The van der Waals surface area contributed by atoms with Crippen LogP contribution in [-0.2, 0) is 11.2 Å². The average molecular weight is 328 g/mol. The van der Waals surface area contributed by atoms with Gasteiger partial charge in [-0.2, -0.15) is 0 Å². The van der Waals surface area contributed by atoms with Crippen LogP contribution in [0.25, 0.3) is 0 Å². The number of phenolic OH excluding ortho intramolecular Hbond substituents is 1. The van der Waals surface area contributed by atoms with Gasteiger partial charge in [0.1, 0.15) is 18.0 Å². The van der Waals surface area contributed by atoms with Crippen LogP contribution in [0.3, 0.4) is 0 Å². The number of aliphatic hydroxyl groups excluding tert-OH is 2. The normalized spacial score (nSPS) is 27.2. The van der Waals surface area contributed by atoms with Gasteiger partial charge in [0.15, 0.2) is 0 Å². The maximum atomic E-state index is 10.3. The van der Waals surface area contributed by atoms with E-state index in [0.29, 0.717) is 6.42 Å². The highest BCUT2D eigenvalue weighted by atomic mass is 16.5. The van der Waals surface area contributed by atoms with E-state index < -0.39 is 18.3 Å². The van der Waals surface area contributed by atoms with Crippen LogP contribution in [0.2, 0.25) is 0 Å². The van der Waals surface area contributed by atoms with Crippen molar-refractivity contribution in [3.05, 3.63) is 64.7 Å². The van der Waals surface area contributed by atoms with Gasteiger partial charge in [0.25, 0.3) is 0 Å². The first kappa shape index (κ1) is 17.0. The second-order valence-corrected chi connectivity index (χ2v) is 6.69. The lowest BCUT2D eigenvalue weighted by Gasteiger charge is -2.36. The Morgan fingerprint density at radius 1 is 1.08 bits per heavy atom. The van der Waals surface area contributed by atoms with Crippen LogP contribution < -0.4 is 0 Å². The number of benzene rings is 2. The number of hydrogen-bond acceptors (Lipinski definition) is 4. The molecule has 2 aromatic rings. The summed E-state index contributed by atoms with van der Waals surface area (Å²) in [5, 5.41) is 29.7. The standard InChI is InChI=1S/C20H24O4/c1-12-3-6-15(20-19(23)18(22)9-13(2)24-20)11-16(12)10-14-4-7-17(21)8-5-14/h3-8,11,13,18-23H,9-10H2,1-2H3/t13?,18?,19-,20?/m1/s1. The minimum Gasteiger partial charge on any atom is -0.508 e. The molecule has 3 N–H and O–H groups in total. The van der Waals surface area contributed by atoms with Gasteiger partial charge in [-0.3, -0.25) is 0 Å². The van der Waals surface area contributed by atoms with Crippen LogP contribution in [0, 0.1) is 6.92 Å². The third kappa shape index (κ3) is 3.61. The lowest BCUT2D eigenvalue weighted by molar-refractivity contribution is -0.166. The van der Waals surface area contributed by atoms with Crippen LogP contribution in [0.15, 0.2) is 42.5 Å². The van der Waals surface area contributed by atoms with Crippen molar-refractivity contribution in [3.8, 4) is 5.75 Å². The van der Waals surface area contributed by atoms with E-state index in [9.17, 15) is 15.3 Å². The Morgan fingerprint density at radius 3 is 2.50 bits per heavy atom. The Morgan fingerprint density at radius 2 is 1.79 bits per heavy atom. The van der Waals surface area contributed by atoms with Crippen LogP contribution in [-0.4, -0.2) is 33.6 Å². The van der Waals surface area contributed by atoms with Gasteiger partial charge in [0, 0.05) is 6.42 Å². The Bertz CT molecular complexity index is 695. The van der Waals surface area contributed by atoms with E-state index >= 15 is 0 Å². The number of phenols is 1. The molecular formula is C20H24O4. The Hall–Kier alpha value is -1.88. The molecule has 128 valence electrons. The zero-order valence-electron chi connectivity index (χ0n) is 14.0. The van der Waals surface area contributed by atoms with Gasteiger partial charge in [-0.15, -0.1) is 0 Å². The summed E-state index contributed by atoms with van der Waals surface area (Å²) in [4.78, 5) is 0. The SMILES string of the molecule is Cc1ccc(C2OC(C)CC(O)[C@H]2O)cc1Cc1ccc(O)cc1. The summed E-state index contributed by atoms with van der Waals surface area (Å²) in [6.07, 6.45) is -1.09. The van der Waals surface area contributed by atoms with Gasteiger partial charge in [-0.05, 0) is 54.7 Å². The molecule has 0 saturated carbocycles. The summed E-state index contributed by atoms with van der Waals surface area (Å²) in [6.45, 7) is 3.96. The fourth-order valence-corrected chi connectivity index (χ4v) is 3.24. The van der Waals surface area contributed by atoms with Crippen molar-refractivity contribution >= 4 is 0 Å². The third-order valence-corrected chi connectivity index (χ3v) is 4.69. The molecule has 1 aliphatic heterocycles. The zero-order valence-corrected chi connectivity index (χ0v) is 14.0. The number of aliphatic hydroxyl groups is 2. The molecule has 4 atom stereocenters. The van der Waals surface area contributed by atoms with E-state index in [2.05, 4.69) is 6.92 Å². The van der Waals surface area contributed by atoms with E-state index in [0.717, 1.165) is 28.7 Å². The number of aryl methyl sites for hydroxylation is 1. The summed E-state index contributed by atoms with van der Waals surface area (Å²) in [5.41, 5.74) is 4.28. The van der Waals surface area contributed by atoms with Gasteiger partial charge in [-0.1, -0.05) is 30.3 Å². The van der Waals surface area contributed by atoms with Crippen LogP contribution >= 0.6 is 0 Å². The summed E-state index contributed by atoms with van der Waals surface area (Å²) in [6, 6.07) is 13.2. The molecule has 1 aliphatic rings. The molecule has 0 spiro atoms. The number of aromatic hydroxyl groups is 1. The molecule has 0 aliphatic carbocycles. The van der Waals surface area contributed by atoms with Crippen LogP contribution in [0.5, 0.6) is 5.75 Å². The molecule has 1 fully saturated rings. The third-order valence-electron chi connectivity index (χ3n) is 4.69. The van der Waals surface area contributed by atoms with E-state index in [1.807, 2.05) is 37.3 Å². The highest BCUT2D eigenvalue weighted by molar-refractivity contribution is 5.38. The minimum atomic E-state index is -0.912. The average Bonchev–Trinajstić information content (AvgIpc) is 2.55. The Balaban J connectivity index is 1.86. The van der Waals surface area contributed by atoms with E-state index in [-0.39, 0.29) is 11.9 Å². The maximum Gasteiger partial charge on any atom is 0.115 e. The molecule has 0 amide bonds. The summed E-state index contributed by atoms with van der Waals surface area (Å²) >= 11 is 0. The van der Waals surface area contributed by atoms with E-state index in [1.54, 1.807) is 12.1 Å². The first-order chi connectivity index (χ1) is 11.4. The van der Waals surface area contributed by atoms with Crippen molar-refractivity contribution < 1.29 is 20.1 Å². The molecule has 2 aromatic carbocycles. The highest BCUT2D eigenvalue weighted by Crippen LogP contribution is 2.33. The van der Waals surface area contributed by atoms with Crippen molar-refractivity contribution in [2.24, 2.45) is 0 Å². The molecule has 24 heavy (non-hydrogen) atoms. The first-order valence-corrected chi connectivity index (χ1v) is 8.33. The zero-order chi connectivity index (χ0) is 17.3. The predicted molar refractivity (Wildman–Crippen MR) is 92.0 cm³/mol. The summed E-state index contributed by atoms with van der Waals surface area (Å²) in [5.74, 6) is 0.255. The molecule has 0 radical (unpaired) electrons. The van der Waals surface area contributed by atoms with Gasteiger partial charge in [-0.25, -0.2) is 0 Å². The smallest absolute Gasteiger partial charge is 0.115 e. The molecule has 4 nitrogen and oxygen atoms in total. The topological polar surface area (TPSA) is 69.9 Å². The van der Waals surface area contributed by atoms with Crippen LogP contribution in [0.1, 0.15) is 41.7 Å². The monoisotopic (exact) mass is 328 g/mol. The lowest BCUT2D eigenvalue weighted by Crippen LogP contribution is -2.42. The predicted octanol–water partition coefficient (Wildman–Crippen LogP) is 2.86. The molecule has 1 saturated heterocycles. The molecule has 0 bridgehead atoms. The number of hydrogen-bond donors (Lipinski definition) is 3. The highest BCUT2D eigenvalue weighted by Gasteiger charge is 2.36. The quantitative estimate of drug-likeness (QED) is 0.810. The second-order valence-electron chi connectivity index (χ2n) is 6.69. The molecule has 1 heterocycles. The van der Waals surface area contributed by atoms with Gasteiger partial charge >= 0.3 is 0 Å². The Labute approximate surface area is 142 Å². The fourth-order valence-electron chi connectivity index (χ4n) is 3.24. The van der Waals surface area contributed by atoms with Crippen molar-refractivity contribution in [3.63, 3.8) is 0 Å². The van der Waals surface area contributed by atoms with E-state index in [4.69, 9.17) is 4.74 Å². The number of rotatable bonds is 3.